The highest BCUT2D eigenvalue weighted by Gasteiger charge is 2.27. The summed E-state index contributed by atoms with van der Waals surface area (Å²) in [5.41, 5.74) is 3.54. The van der Waals surface area contributed by atoms with Gasteiger partial charge in [-0.05, 0) is 44.2 Å². The van der Waals surface area contributed by atoms with Gasteiger partial charge in [-0.25, -0.2) is 0 Å². The molecule has 0 radical (unpaired) electrons. The fourth-order valence-electron chi connectivity index (χ4n) is 4.17. The van der Waals surface area contributed by atoms with E-state index in [0.717, 1.165) is 41.4 Å². The zero-order chi connectivity index (χ0) is 21.1. The molecule has 1 fully saturated rings. The number of ketones is 1. The summed E-state index contributed by atoms with van der Waals surface area (Å²) in [5.74, 6) is 1.11. The van der Waals surface area contributed by atoms with Gasteiger partial charge in [0.05, 0.1) is 39.0 Å². The Hall–Kier alpha value is -3.12. The molecule has 4 rings (SSSR count). The second kappa shape index (κ2) is 8.71. The summed E-state index contributed by atoms with van der Waals surface area (Å²) in [6, 6.07) is 15.2. The monoisotopic (exact) mass is 406 g/mol. The molecule has 3 heterocycles. The van der Waals surface area contributed by atoms with Crippen molar-refractivity contribution in [1.82, 2.24) is 9.47 Å². The first kappa shape index (κ1) is 20.2. The Morgan fingerprint density at radius 2 is 1.77 bits per heavy atom. The largest absolute Gasteiger partial charge is 0.467 e. The van der Waals surface area contributed by atoms with Crippen molar-refractivity contribution >= 4 is 11.7 Å². The van der Waals surface area contributed by atoms with Crippen LogP contribution in [0.2, 0.25) is 0 Å². The molecular weight excluding hydrogens is 378 g/mol. The van der Waals surface area contributed by atoms with Gasteiger partial charge in [0.2, 0.25) is 5.78 Å². The molecule has 2 aromatic heterocycles. The number of carbonyl (C=O) groups is 2. The summed E-state index contributed by atoms with van der Waals surface area (Å²) >= 11 is 0. The van der Waals surface area contributed by atoms with E-state index < -0.39 is 0 Å². The molecule has 1 aliphatic rings. The molecule has 0 spiro atoms. The maximum atomic E-state index is 13.0. The Balaban J connectivity index is 1.36. The highest BCUT2D eigenvalue weighted by atomic mass is 16.3. The lowest BCUT2D eigenvalue weighted by molar-refractivity contribution is -0.895. The Kier molecular flexibility index (Phi) is 5.86. The molecule has 156 valence electrons. The summed E-state index contributed by atoms with van der Waals surface area (Å²) in [6.45, 7) is 8.03. The van der Waals surface area contributed by atoms with E-state index in [4.69, 9.17) is 4.42 Å². The van der Waals surface area contributed by atoms with Gasteiger partial charge in [-0.15, -0.1) is 0 Å². The molecule has 1 N–H and O–H groups in total. The van der Waals surface area contributed by atoms with Gasteiger partial charge >= 0.3 is 0 Å². The van der Waals surface area contributed by atoms with Crippen LogP contribution in [0.15, 0.2) is 59.2 Å². The van der Waals surface area contributed by atoms with Crippen LogP contribution in [0, 0.1) is 13.8 Å². The number of hydrogen-bond acceptors (Lipinski definition) is 3. The van der Waals surface area contributed by atoms with Gasteiger partial charge in [-0.3, -0.25) is 9.59 Å². The Labute approximate surface area is 176 Å². The molecule has 0 saturated carbocycles. The van der Waals surface area contributed by atoms with E-state index in [1.165, 1.54) is 4.90 Å². The van der Waals surface area contributed by atoms with E-state index in [-0.39, 0.29) is 11.7 Å². The van der Waals surface area contributed by atoms with Crippen LogP contribution in [0.3, 0.4) is 0 Å². The van der Waals surface area contributed by atoms with Crippen molar-refractivity contribution in [2.75, 3.05) is 32.7 Å². The van der Waals surface area contributed by atoms with E-state index in [2.05, 4.69) is 4.57 Å². The molecule has 0 unspecified atom stereocenters. The lowest BCUT2D eigenvalue weighted by Gasteiger charge is -2.32. The van der Waals surface area contributed by atoms with Gasteiger partial charge in [-0.2, -0.15) is 0 Å². The minimum Gasteiger partial charge on any atom is -0.467 e. The van der Waals surface area contributed by atoms with Gasteiger partial charge < -0.3 is 18.8 Å². The van der Waals surface area contributed by atoms with E-state index >= 15 is 0 Å². The number of nitrogens with zero attached hydrogens (tertiary/aromatic N) is 2. The number of rotatable bonds is 6. The van der Waals surface area contributed by atoms with Crippen LogP contribution in [0.25, 0.3) is 0 Å². The third-order valence-electron chi connectivity index (χ3n) is 5.96. The molecule has 1 amide bonds. The van der Waals surface area contributed by atoms with Crippen molar-refractivity contribution in [3.63, 3.8) is 0 Å². The number of hydrogen-bond donors (Lipinski definition) is 1. The number of nitrogens with one attached hydrogen (secondary N) is 1. The molecule has 6 nitrogen and oxygen atoms in total. The minimum absolute atomic E-state index is 0.0717. The van der Waals surface area contributed by atoms with Crippen LogP contribution >= 0.6 is 0 Å². The highest BCUT2D eigenvalue weighted by Crippen LogP contribution is 2.17. The Morgan fingerprint density at radius 3 is 2.43 bits per heavy atom. The van der Waals surface area contributed by atoms with Gasteiger partial charge in [0.1, 0.15) is 12.3 Å². The van der Waals surface area contributed by atoms with Crippen molar-refractivity contribution in [2.24, 2.45) is 0 Å². The molecule has 3 aromatic rings. The molecule has 0 atom stereocenters. The Morgan fingerprint density at radius 1 is 1.03 bits per heavy atom. The maximum absolute atomic E-state index is 13.0. The van der Waals surface area contributed by atoms with Crippen LogP contribution in [-0.4, -0.2) is 53.9 Å². The fourth-order valence-corrected chi connectivity index (χ4v) is 4.17. The summed E-state index contributed by atoms with van der Waals surface area (Å²) in [5, 5.41) is 0. The smallest absolute Gasteiger partial charge is 0.254 e. The first-order valence-corrected chi connectivity index (χ1v) is 10.4. The van der Waals surface area contributed by atoms with E-state index in [1.54, 1.807) is 6.26 Å². The fraction of sp³-hybridized carbons (Fsp3) is 0.333. The first-order chi connectivity index (χ1) is 14.5. The molecule has 1 aliphatic heterocycles. The molecule has 6 heteroatoms. The average Bonchev–Trinajstić information content (AvgIpc) is 3.38. The normalized spacial score (nSPS) is 14.8. The second-order valence-electron chi connectivity index (χ2n) is 7.96. The standard InChI is InChI=1S/C24H27N3O3/c1-18-15-22(19(2)27(18)16-21-9-6-14-30-21)23(28)17-25-10-12-26(13-11-25)24(29)20-7-4-3-5-8-20/h3-9,14-15H,10-13,16-17H2,1-2H3/p+1. The number of benzene rings is 1. The van der Waals surface area contributed by atoms with E-state index in [1.807, 2.05) is 67.3 Å². The molecule has 0 bridgehead atoms. The quantitative estimate of drug-likeness (QED) is 0.637. The van der Waals surface area contributed by atoms with Crippen molar-refractivity contribution in [1.29, 1.82) is 0 Å². The van der Waals surface area contributed by atoms with Crippen molar-refractivity contribution in [2.45, 2.75) is 20.4 Å². The molecule has 1 saturated heterocycles. The summed E-state index contributed by atoms with van der Waals surface area (Å²) in [6.07, 6.45) is 1.67. The van der Waals surface area contributed by atoms with Gasteiger partial charge in [0, 0.05) is 22.5 Å². The molecular formula is C24H28N3O3+. The van der Waals surface area contributed by atoms with Crippen molar-refractivity contribution in [3.8, 4) is 0 Å². The molecule has 30 heavy (non-hydrogen) atoms. The van der Waals surface area contributed by atoms with Crippen LogP contribution < -0.4 is 4.90 Å². The number of Topliss-reactive ketones (excluding diaryl/α,β-unsaturated/α-hetero) is 1. The second-order valence-corrected chi connectivity index (χ2v) is 7.96. The maximum Gasteiger partial charge on any atom is 0.254 e. The lowest BCUT2D eigenvalue weighted by Crippen LogP contribution is -3.15. The predicted molar refractivity (Wildman–Crippen MR) is 114 cm³/mol. The van der Waals surface area contributed by atoms with Crippen LogP contribution in [0.5, 0.6) is 0 Å². The SMILES string of the molecule is Cc1cc(C(=O)C[NH+]2CCN(C(=O)c3ccccc3)CC2)c(C)n1Cc1ccco1. The first-order valence-electron chi connectivity index (χ1n) is 10.4. The number of furan rings is 1. The van der Waals surface area contributed by atoms with Crippen molar-refractivity contribution in [3.05, 3.63) is 83.1 Å². The lowest BCUT2D eigenvalue weighted by atomic mass is 10.1. The topological polar surface area (TPSA) is 59.9 Å². The van der Waals surface area contributed by atoms with Crippen LogP contribution in [0.1, 0.15) is 37.9 Å². The Bertz CT molecular complexity index is 1010. The third kappa shape index (κ3) is 4.24. The van der Waals surface area contributed by atoms with Crippen LogP contribution in [0.4, 0.5) is 0 Å². The summed E-state index contributed by atoms with van der Waals surface area (Å²) < 4.78 is 7.58. The zero-order valence-electron chi connectivity index (χ0n) is 17.6. The number of carbonyl (C=O) groups excluding carboxylic acids is 2. The number of piperazine rings is 1. The van der Waals surface area contributed by atoms with Gasteiger partial charge in [0.15, 0.2) is 0 Å². The van der Waals surface area contributed by atoms with Crippen LogP contribution in [-0.2, 0) is 6.54 Å². The molecule has 1 aromatic carbocycles. The number of aromatic nitrogens is 1. The molecule has 0 aliphatic carbocycles. The van der Waals surface area contributed by atoms with E-state index in [9.17, 15) is 9.59 Å². The van der Waals surface area contributed by atoms with Gasteiger partial charge in [-0.1, -0.05) is 18.2 Å². The van der Waals surface area contributed by atoms with E-state index in [0.29, 0.717) is 26.2 Å². The van der Waals surface area contributed by atoms with Gasteiger partial charge in [0.25, 0.3) is 5.91 Å². The summed E-state index contributed by atoms with van der Waals surface area (Å²) in [7, 11) is 0. The summed E-state index contributed by atoms with van der Waals surface area (Å²) in [4.78, 5) is 28.7. The number of amides is 1. The minimum atomic E-state index is 0.0717. The highest BCUT2D eigenvalue weighted by molar-refractivity contribution is 5.98. The number of quaternary nitrogens is 1. The zero-order valence-corrected chi connectivity index (χ0v) is 17.6. The van der Waals surface area contributed by atoms with Crippen molar-refractivity contribution < 1.29 is 18.9 Å². The number of aryl methyl sites for hydroxylation is 1. The third-order valence-corrected chi connectivity index (χ3v) is 5.96. The average molecular weight is 407 g/mol. The predicted octanol–water partition coefficient (Wildman–Crippen LogP) is 1.97.